The molecule has 0 radical (unpaired) electrons. The van der Waals surface area contributed by atoms with Gasteiger partial charge in [-0.25, -0.2) is 0 Å². The van der Waals surface area contributed by atoms with Crippen molar-refractivity contribution in [3.63, 3.8) is 0 Å². The third-order valence-corrected chi connectivity index (χ3v) is 7.20. The van der Waals surface area contributed by atoms with E-state index in [1.165, 1.54) is 11.1 Å². The van der Waals surface area contributed by atoms with Gasteiger partial charge in [-0.15, -0.1) is 0 Å². The second-order valence-electron chi connectivity index (χ2n) is 9.81. The number of nitrogens with zero attached hydrogens (tertiary/aromatic N) is 2. The van der Waals surface area contributed by atoms with E-state index >= 15 is 0 Å². The second kappa shape index (κ2) is 14.1. The van der Waals surface area contributed by atoms with Gasteiger partial charge in [-0.3, -0.25) is 14.6 Å². The zero-order chi connectivity index (χ0) is 25.7. The summed E-state index contributed by atoms with van der Waals surface area (Å²) in [4.78, 5) is 31.3. The van der Waals surface area contributed by atoms with Gasteiger partial charge in [-0.1, -0.05) is 79.6 Å². The highest BCUT2D eigenvalue weighted by Gasteiger charge is 2.26. The first-order chi connectivity index (χ1) is 18.2. The molecule has 2 amide bonds. The van der Waals surface area contributed by atoms with Crippen LogP contribution >= 0.6 is 0 Å². The van der Waals surface area contributed by atoms with Gasteiger partial charge in [0, 0.05) is 50.4 Å². The van der Waals surface area contributed by atoms with Gasteiger partial charge in [-0.05, 0) is 54.0 Å². The van der Waals surface area contributed by atoms with Crippen molar-refractivity contribution in [2.45, 2.75) is 44.4 Å². The summed E-state index contributed by atoms with van der Waals surface area (Å²) in [5.41, 5.74) is 3.30. The summed E-state index contributed by atoms with van der Waals surface area (Å²) in [7, 11) is 0. The van der Waals surface area contributed by atoms with Gasteiger partial charge in [0.05, 0.1) is 0 Å². The number of carbonyl (C=O) groups is 2. The first-order valence-electron chi connectivity index (χ1n) is 13.4. The van der Waals surface area contributed by atoms with Crippen LogP contribution in [-0.2, 0) is 9.59 Å². The molecule has 1 aliphatic rings. The van der Waals surface area contributed by atoms with E-state index < -0.39 is 0 Å². The van der Waals surface area contributed by atoms with E-state index in [4.69, 9.17) is 0 Å². The van der Waals surface area contributed by atoms with E-state index in [0.29, 0.717) is 18.9 Å². The summed E-state index contributed by atoms with van der Waals surface area (Å²) in [5.74, 6) is 0.921. The van der Waals surface area contributed by atoms with Crippen molar-refractivity contribution in [2.24, 2.45) is 5.92 Å². The largest absolute Gasteiger partial charge is 0.353 e. The van der Waals surface area contributed by atoms with Crippen molar-refractivity contribution in [3.8, 4) is 0 Å². The van der Waals surface area contributed by atoms with Gasteiger partial charge in [0.25, 0.3) is 0 Å². The zero-order valence-corrected chi connectivity index (χ0v) is 21.5. The minimum atomic E-state index is -0.0695. The molecule has 1 fully saturated rings. The topological polar surface area (TPSA) is 62.3 Å². The molecule has 192 valence electrons. The molecule has 37 heavy (non-hydrogen) atoms. The van der Waals surface area contributed by atoms with E-state index in [-0.39, 0.29) is 17.7 Å². The molecular weight excluding hydrogens is 458 g/mol. The normalized spacial score (nSPS) is 14.2. The Bertz CT molecular complexity index is 1080. The lowest BCUT2D eigenvalue weighted by Crippen LogP contribution is -2.39. The molecule has 1 saturated heterocycles. The number of carbonyl (C=O) groups excluding carboxylic acids is 2. The van der Waals surface area contributed by atoms with Crippen LogP contribution in [0.25, 0.3) is 6.08 Å². The predicted molar refractivity (Wildman–Crippen MR) is 149 cm³/mol. The number of hydrogen-bond donors (Lipinski definition) is 1. The Morgan fingerprint density at radius 1 is 0.919 bits per heavy atom. The maximum atomic E-state index is 13.2. The monoisotopic (exact) mass is 495 g/mol. The standard InChI is InChI=1S/C32H37N3O2/c36-31(17-16-27-11-9-20-33-25-27)34-21-8-7-10-26-18-22-35(23-19-26)32(37)24-30(28-12-3-1-4-13-28)29-14-5-2-6-15-29/h1-6,9,11-17,20,25-26,30H,7-8,10,18-19,21-24H2,(H,34,36). The number of amides is 2. The van der Waals surface area contributed by atoms with Crippen LogP contribution in [0.2, 0.25) is 0 Å². The number of likely N-dealkylation sites (tertiary alicyclic amines) is 1. The molecule has 0 atom stereocenters. The van der Waals surface area contributed by atoms with Crippen LogP contribution in [0.4, 0.5) is 0 Å². The Morgan fingerprint density at radius 2 is 1.59 bits per heavy atom. The molecule has 1 aromatic heterocycles. The first-order valence-corrected chi connectivity index (χ1v) is 13.4. The van der Waals surface area contributed by atoms with Gasteiger partial charge < -0.3 is 10.2 Å². The molecule has 0 aliphatic carbocycles. The molecule has 0 unspecified atom stereocenters. The van der Waals surface area contributed by atoms with Crippen molar-refractivity contribution >= 4 is 17.9 Å². The number of aromatic nitrogens is 1. The van der Waals surface area contributed by atoms with Gasteiger partial charge in [0.2, 0.25) is 11.8 Å². The van der Waals surface area contributed by atoms with Crippen LogP contribution in [0.3, 0.4) is 0 Å². The Labute approximate surface area is 220 Å². The van der Waals surface area contributed by atoms with Gasteiger partial charge in [-0.2, -0.15) is 0 Å². The number of piperidine rings is 1. The lowest BCUT2D eigenvalue weighted by Gasteiger charge is -2.33. The summed E-state index contributed by atoms with van der Waals surface area (Å²) in [5, 5.41) is 2.96. The fourth-order valence-electron chi connectivity index (χ4n) is 5.05. The Morgan fingerprint density at radius 3 is 2.22 bits per heavy atom. The number of benzene rings is 2. The van der Waals surface area contributed by atoms with Gasteiger partial charge in [0.1, 0.15) is 0 Å². The van der Waals surface area contributed by atoms with Crippen LogP contribution in [0, 0.1) is 5.92 Å². The highest BCUT2D eigenvalue weighted by molar-refractivity contribution is 5.91. The molecule has 0 spiro atoms. The molecule has 2 heterocycles. The van der Waals surface area contributed by atoms with E-state index in [0.717, 1.165) is 50.8 Å². The van der Waals surface area contributed by atoms with E-state index in [9.17, 15) is 9.59 Å². The Kier molecular flexibility index (Phi) is 10.1. The average molecular weight is 496 g/mol. The maximum Gasteiger partial charge on any atom is 0.243 e. The summed E-state index contributed by atoms with van der Waals surface area (Å²) < 4.78 is 0. The van der Waals surface area contributed by atoms with Crippen LogP contribution < -0.4 is 5.32 Å². The molecule has 3 aromatic rings. The molecule has 1 aliphatic heterocycles. The molecule has 0 saturated carbocycles. The van der Waals surface area contributed by atoms with Crippen molar-refractivity contribution in [2.75, 3.05) is 19.6 Å². The first kappa shape index (κ1) is 26.3. The summed E-state index contributed by atoms with van der Waals surface area (Å²) in [6, 6.07) is 24.5. The highest BCUT2D eigenvalue weighted by Crippen LogP contribution is 2.30. The molecule has 5 heteroatoms. The number of rotatable bonds is 11. The number of pyridine rings is 1. The minimum Gasteiger partial charge on any atom is -0.353 e. The summed E-state index contributed by atoms with van der Waals surface area (Å²) >= 11 is 0. The van der Waals surface area contributed by atoms with E-state index in [1.54, 1.807) is 24.5 Å². The lowest BCUT2D eigenvalue weighted by atomic mass is 9.87. The third-order valence-electron chi connectivity index (χ3n) is 7.20. The van der Waals surface area contributed by atoms with Gasteiger partial charge in [0.15, 0.2) is 0 Å². The van der Waals surface area contributed by atoms with Crippen LogP contribution in [0.1, 0.15) is 61.1 Å². The minimum absolute atomic E-state index is 0.0695. The maximum absolute atomic E-state index is 13.2. The molecule has 4 rings (SSSR count). The fourth-order valence-corrected chi connectivity index (χ4v) is 5.05. The summed E-state index contributed by atoms with van der Waals surface area (Å²) in [6.45, 7) is 2.37. The zero-order valence-electron chi connectivity index (χ0n) is 21.5. The average Bonchev–Trinajstić information content (AvgIpc) is 2.96. The highest BCUT2D eigenvalue weighted by atomic mass is 16.2. The second-order valence-corrected chi connectivity index (χ2v) is 9.81. The molecule has 2 aromatic carbocycles. The molecule has 5 nitrogen and oxygen atoms in total. The van der Waals surface area contributed by atoms with Crippen molar-refractivity contribution in [1.29, 1.82) is 0 Å². The Hall–Kier alpha value is -3.73. The summed E-state index contributed by atoms with van der Waals surface area (Å²) in [6.07, 6.45) is 12.6. The fraction of sp³-hybridized carbons (Fsp3) is 0.344. The predicted octanol–water partition coefficient (Wildman–Crippen LogP) is 5.84. The number of nitrogens with one attached hydrogen (secondary N) is 1. The van der Waals surface area contributed by atoms with Crippen LogP contribution in [0.15, 0.2) is 91.3 Å². The van der Waals surface area contributed by atoms with Gasteiger partial charge >= 0.3 is 0 Å². The van der Waals surface area contributed by atoms with Crippen LogP contribution in [0.5, 0.6) is 0 Å². The smallest absolute Gasteiger partial charge is 0.243 e. The van der Waals surface area contributed by atoms with E-state index in [2.05, 4.69) is 39.5 Å². The third kappa shape index (κ3) is 8.42. The molecule has 1 N–H and O–H groups in total. The Balaban J connectivity index is 1.15. The van der Waals surface area contributed by atoms with E-state index in [1.807, 2.05) is 48.5 Å². The van der Waals surface area contributed by atoms with Crippen LogP contribution in [-0.4, -0.2) is 41.3 Å². The lowest BCUT2D eigenvalue weighted by molar-refractivity contribution is -0.132. The van der Waals surface area contributed by atoms with Crippen molar-refractivity contribution < 1.29 is 9.59 Å². The quantitative estimate of drug-likeness (QED) is 0.268. The number of hydrogen-bond acceptors (Lipinski definition) is 3. The SMILES string of the molecule is O=C(C=Cc1cccnc1)NCCCCC1CCN(C(=O)CC(c2ccccc2)c2ccccc2)CC1. The molecular formula is C32H37N3O2. The van der Waals surface area contributed by atoms with Crippen molar-refractivity contribution in [3.05, 3.63) is 108 Å². The number of unbranched alkanes of at least 4 members (excludes halogenated alkanes) is 1. The molecule has 0 bridgehead atoms. The van der Waals surface area contributed by atoms with Crippen molar-refractivity contribution in [1.82, 2.24) is 15.2 Å².